The van der Waals surface area contributed by atoms with Crippen molar-refractivity contribution < 1.29 is 31.1 Å². The normalized spacial score (nSPS) is 16.3. The summed E-state index contributed by atoms with van der Waals surface area (Å²) in [6.07, 6.45) is -10.0. The maximum atomic E-state index is 13.6. The first-order chi connectivity index (χ1) is 17.8. The topological polar surface area (TPSA) is 51.2 Å². The standard InChI is InChI=1S/C26H31F6N5O/c1-33-24(34-2)37-13-11-36(12-14-37)22(19-7-5-4-6-8-19)23(38)35(3)10-9-18-15-20(25(27,28)29)17-21(16-18)26(30,31)32/h4-8,15-17,22H,9-14H2,1-3H3,(H,33,34)/t22-/m0/s1. The first kappa shape index (κ1) is 29.3. The maximum Gasteiger partial charge on any atom is 0.416 e. The van der Waals surface area contributed by atoms with Gasteiger partial charge in [0.15, 0.2) is 5.96 Å². The van der Waals surface area contributed by atoms with E-state index in [0.29, 0.717) is 38.3 Å². The van der Waals surface area contributed by atoms with Crippen molar-refractivity contribution in [3.63, 3.8) is 0 Å². The molecule has 0 aliphatic carbocycles. The Kier molecular flexibility index (Phi) is 9.29. The highest BCUT2D eigenvalue weighted by atomic mass is 19.4. The third kappa shape index (κ3) is 7.18. The Morgan fingerprint density at radius 3 is 2.00 bits per heavy atom. The lowest BCUT2D eigenvalue weighted by atomic mass is 10.0. The van der Waals surface area contributed by atoms with Gasteiger partial charge in [-0.3, -0.25) is 14.7 Å². The summed E-state index contributed by atoms with van der Waals surface area (Å²) in [6, 6.07) is 9.99. The molecule has 38 heavy (non-hydrogen) atoms. The van der Waals surface area contributed by atoms with Gasteiger partial charge >= 0.3 is 12.4 Å². The molecule has 1 amide bonds. The van der Waals surface area contributed by atoms with Crippen LogP contribution in [0.3, 0.4) is 0 Å². The summed E-state index contributed by atoms with van der Waals surface area (Å²) in [6.45, 7) is 2.31. The number of halogens is 6. The molecule has 2 aromatic carbocycles. The summed E-state index contributed by atoms with van der Waals surface area (Å²) < 4.78 is 79.4. The van der Waals surface area contributed by atoms with Crippen molar-refractivity contribution in [2.75, 3.05) is 53.9 Å². The van der Waals surface area contributed by atoms with Crippen molar-refractivity contribution in [2.24, 2.45) is 4.99 Å². The fourth-order valence-corrected chi connectivity index (χ4v) is 4.53. The number of hydrogen-bond donors (Lipinski definition) is 1. The minimum Gasteiger partial charge on any atom is -0.359 e. The zero-order valence-corrected chi connectivity index (χ0v) is 21.4. The van der Waals surface area contributed by atoms with Gasteiger partial charge in [0.25, 0.3) is 0 Å². The van der Waals surface area contributed by atoms with E-state index in [1.807, 2.05) is 35.2 Å². The van der Waals surface area contributed by atoms with Crippen LogP contribution in [0, 0.1) is 0 Å². The van der Waals surface area contributed by atoms with Crippen LogP contribution in [-0.2, 0) is 23.6 Å². The SMILES string of the molecule is CN=C(NC)N1CCN([C@H](C(=O)N(C)CCc2cc(C(F)(F)F)cc(C(F)(F)F)c2)c2ccccc2)CC1. The number of carbonyl (C=O) groups excluding carboxylic acids is 1. The van der Waals surface area contributed by atoms with Crippen LogP contribution in [0.2, 0.25) is 0 Å². The number of nitrogens with zero attached hydrogens (tertiary/aromatic N) is 4. The summed E-state index contributed by atoms with van der Waals surface area (Å²) >= 11 is 0. The molecular formula is C26H31F6N5O. The molecule has 1 aliphatic rings. The number of alkyl halides is 6. The highest BCUT2D eigenvalue weighted by Crippen LogP contribution is 2.36. The third-order valence-corrected chi connectivity index (χ3v) is 6.52. The Labute approximate surface area is 217 Å². The van der Waals surface area contributed by atoms with E-state index in [2.05, 4.69) is 15.2 Å². The van der Waals surface area contributed by atoms with Crippen molar-refractivity contribution in [3.8, 4) is 0 Å². The lowest BCUT2D eigenvalue weighted by molar-refractivity contribution is -0.143. The highest BCUT2D eigenvalue weighted by Gasteiger charge is 2.37. The first-order valence-corrected chi connectivity index (χ1v) is 12.1. The van der Waals surface area contributed by atoms with E-state index in [1.54, 1.807) is 14.1 Å². The molecule has 12 heteroatoms. The van der Waals surface area contributed by atoms with Gasteiger partial charge in [-0.2, -0.15) is 26.3 Å². The smallest absolute Gasteiger partial charge is 0.359 e. The molecule has 1 aliphatic heterocycles. The number of amides is 1. The molecule has 2 aromatic rings. The molecule has 0 saturated carbocycles. The third-order valence-electron chi connectivity index (χ3n) is 6.52. The fraction of sp³-hybridized carbons (Fsp3) is 0.462. The second kappa shape index (κ2) is 12.1. The Bertz CT molecular complexity index is 1080. The molecule has 6 nitrogen and oxygen atoms in total. The minimum absolute atomic E-state index is 0.0485. The van der Waals surface area contributed by atoms with E-state index < -0.39 is 29.5 Å². The maximum absolute atomic E-state index is 13.6. The predicted molar refractivity (Wildman–Crippen MR) is 133 cm³/mol. The molecule has 1 N–H and O–H groups in total. The largest absolute Gasteiger partial charge is 0.416 e. The molecule has 0 radical (unpaired) electrons. The average molecular weight is 544 g/mol. The fourth-order valence-electron chi connectivity index (χ4n) is 4.53. The average Bonchev–Trinajstić information content (AvgIpc) is 2.88. The first-order valence-electron chi connectivity index (χ1n) is 12.1. The van der Waals surface area contributed by atoms with E-state index in [9.17, 15) is 31.1 Å². The Hall–Kier alpha value is -3.28. The lowest BCUT2D eigenvalue weighted by Gasteiger charge is -2.40. The quantitative estimate of drug-likeness (QED) is 0.336. The van der Waals surface area contributed by atoms with E-state index in [-0.39, 0.29) is 30.5 Å². The molecular weight excluding hydrogens is 512 g/mol. The number of benzene rings is 2. The van der Waals surface area contributed by atoms with Gasteiger partial charge in [0, 0.05) is 53.9 Å². The Balaban J connectivity index is 1.79. The van der Waals surface area contributed by atoms with Gasteiger partial charge in [-0.05, 0) is 35.7 Å². The summed E-state index contributed by atoms with van der Waals surface area (Å²) in [7, 11) is 4.98. The van der Waals surface area contributed by atoms with Crippen molar-refractivity contribution in [2.45, 2.75) is 24.8 Å². The predicted octanol–water partition coefficient (Wildman–Crippen LogP) is 4.29. The number of rotatable bonds is 6. The monoisotopic (exact) mass is 543 g/mol. The molecule has 1 saturated heterocycles. The highest BCUT2D eigenvalue weighted by molar-refractivity contribution is 5.83. The number of hydrogen-bond acceptors (Lipinski definition) is 3. The molecule has 1 fully saturated rings. The second-order valence-electron chi connectivity index (χ2n) is 9.06. The van der Waals surface area contributed by atoms with Crippen LogP contribution in [0.15, 0.2) is 53.5 Å². The Morgan fingerprint density at radius 1 is 0.974 bits per heavy atom. The molecule has 3 rings (SSSR count). The number of carbonyl (C=O) groups is 1. The molecule has 0 aromatic heterocycles. The van der Waals surface area contributed by atoms with Crippen LogP contribution < -0.4 is 5.32 Å². The van der Waals surface area contributed by atoms with Crippen LogP contribution in [-0.4, -0.2) is 80.4 Å². The van der Waals surface area contributed by atoms with Gasteiger partial charge in [-0.1, -0.05) is 30.3 Å². The minimum atomic E-state index is -4.92. The summed E-state index contributed by atoms with van der Waals surface area (Å²) in [4.78, 5) is 23.3. The van der Waals surface area contributed by atoms with Crippen LogP contribution in [0.5, 0.6) is 0 Å². The summed E-state index contributed by atoms with van der Waals surface area (Å²) in [5, 5.41) is 3.04. The van der Waals surface area contributed by atoms with Crippen molar-refractivity contribution in [1.29, 1.82) is 0 Å². The second-order valence-corrected chi connectivity index (χ2v) is 9.06. The van der Waals surface area contributed by atoms with Crippen molar-refractivity contribution in [3.05, 3.63) is 70.8 Å². The zero-order valence-electron chi connectivity index (χ0n) is 21.4. The van der Waals surface area contributed by atoms with Crippen molar-refractivity contribution >= 4 is 11.9 Å². The van der Waals surface area contributed by atoms with Crippen LogP contribution in [0.1, 0.15) is 28.3 Å². The van der Waals surface area contributed by atoms with E-state index in [1.165, 1.54) is 11.9 Å². The van der Waals surface area contributed by atoms with Crippen LogP contribution >= 0.6 is 0 Å². The number of aliphatic imine (C=N–C) groups is 1. The number of piperazine rings is 1. The number of nitrogens with one attached hydrogen (secondary N) is 1. The van der Waals surface area contributed by atoms with Gasteiger partial charge < -0.3 is 15.1 Å². The van der Waals surface area contributed by atoms with E-state index >= 15 is 0 Å². The van der Waals surface area contributed by atoms with Gasteiger partial charge in [0.05, 0.1) is 11.1 Å². The van der Waals surface area contributed by atoms with Crippen molar-refractivity contribution in [1.82, 2.24) is 20.0 Å². The molecule has 0 unspecified atom stereocenters. The van der Waals surface area contributed by atoms with Crippen LogP contribution in [0.25, 0.3) is 0 Å². The summed E-state index contributed by atoms with van der Waals surface area (Å²) in [5.41, 5.74) is -2.12. The number of guanidine groups is 1. The molecule has 1 atom stereocenters. The summed E-state index contributed by atoms with van der Waals surface area (Å²) in [5.74, 6) is 0.453. The Morgan fingerprint density at radius 2 is 1.53 bits per heavy atom. The molecule has 0 bridgehead atoms. The van der Waals surface area contributed by atoms with Gasteiger partial charge in [0.1, 0.15) is 6.04 Å². The lowest BCUT2D eigenvalue weighted by Crippen LogP contribution is -2.54. The zero-order chi connectivity index (χ0) is 28.1. The van der Waals surface area contributed by atoms with Gasteiger partial charge in [-0.25, -0.2) is 0 Å². The van der Waals surface area contributed by atoms with Crippen LogP contribution in [0.4, 0.5) is 26.3 Å². The van der Waals surface area contributed by atoms with Gasteiger partial charge in [-0.15, -0.1) is 0 Å². The van der Waals surface area contributed by atoms with Gasteiger partial charge in [0.2, 0.25) is 5.91 Å². The van der Waals surface area contributed by atoms with E-state index in [0.717, 1.165) is 11.5 Å². The van der Waals surface area contributed by atoms with E-state index in [4.69, 9.17) is 0 Å². The molecule has 208 valence electrons. The molecule has 1 heterocycles. The number of likely N-dealkylation sites (N-methyl/N-ethyl adjacent to an activating group) is 1. The molecule has 0 spiro atoms.